The number of hydrogen-bond donors (Lipinski definition) is 1. The van der Waals surface area contributed by atoms with E-state index < -0.39 is 0 Å². The van der Waals surface area contributed by atoms with Crippen molar-refractivity contribution in [2.24, 2.45) is 17.8 Å². The molecule has 0 bridgehead atoms. The number of benzene rings is 1. The summed E-state index contributed by atoms with van der Waals surface area (Å²) in [5, 5.41) is 3.78. The van der Waals surface area contributed by atoms with Crippen LogP contribution < -0.4 is 5.32 Å². The SMILES string of the molecule is CCC(Cc1ccccc1)NCC(C(C)C)C(C)C. The van der Waals surface area contributed by atoms with Crippen molar-refractivity contribution in [1.29, 1.82) is 0 Å². The molecule has 0 amide bonds. The zero-order valence-corrected chi connectivity index (χ0v) is 13.3. The first-order chi connectivity index (χ1) is 9.04. The summed E-state index contributed by atoms with van der Waals surface area (Å²) in [5.41, 5.74) is 1.44. The minimum Gasteiger partial charge on any atom is -0.313 e. The Morgan fingerprint density at radius 2 is 1.53 bits per heavy atom. The molecule has 1 N–H and O–H groups in total. The molecule has 1 unspecified atom stereocenters. The highest BCUT2D eigenvalue weighted by atomic mass is 14.9. The molecule has 1 aromatic rings. The molecule has 1 nitrogen and oxygen atoms in total. The van der Waals surface area contributed by atoms with E-state index in [1.54, 1.807) is 0 Å². The molecular formula is C18H31N. The summed E-state index contributed by atoms with van der Waals surface area (Å²) in [6.07, 6.45) is 2.33. The van der Waals surface area contributed by atoms with Crippen LogP contribution in [0.25, 0.3) is 0 Å². The van der Waals surface area contributed by atoms with Crippen molar-refractivity contribution in [1.82, 2.24) is 5.32 Å². The molecule has 19 heavy (non-hydrogen) atoms. The first-order valence-corrected chi connectivity index (χ1v) is 7.81. The van der Waals surface area contributed by atoms with E-state index in [0.29, 0.717) is 6.04 Å². The van der Waals surface area contributed by atoms with Gasteiger partial charge in [-0.1, -0.05) is 65.0 Å². The molecular weight excluding hydrogens is 230 g/mol. The van der Waals surface area contributed by atoms with Crippen LogP contribution in [0.1, 0.15) is 46.6 Å². The van der Waals surface area contributed by atoms with Gasteiger partial charge in [0.25, 0.3) is 0 Å². The molecule has 0 saturated heterocycles. The number of hydrogen-bond acceptors (Lipinski definition) is 1. The molecule has 0 fully saturated rings. The maximum absolute atomic E-state index is 3.78. The van der Waals surface area contributed by atoms with Crippen molar-refractivity contribution in [2.45, 2.75) is 53.5 Å². The molecule has 0 aliphatic carbocycles. The molecule has 0 aliphatic rings. The van der Waals surface area contributed by atoms with Crippen LogP contribution in [0.3, 0.4) is 0 Å². The predicted octanol–water partition coefficient (Wildman–Crippen LogP) is 4.53. The van der Waals surface area contributed by atoms with Crippen molar-refractivity contribution in [3.8, 4) is 0 Å². The third-order valence-electron chi connectivity index (χ3n) is 4.17. The Labute approximate surface area is 119 Å². The van der Waals surface area contributed by atoms with E-state index in [9.17, 15) is 0 Å². The predicted molar refractivity (Wildman–Crippen MR) is 85.4 cm³/mol. The smallest absolute Gasteiger partial charge is 0.0105 e. The topological polar surface area (TPSA) is 12.0 Å². The van der Waals surface area contributed by atoms with Crippen LogP contribution in [0.5, 0.6) is 0 Å². The van der Waals surface area contributed by atoms with Gasteiger partial charge in [0.15, 0.2) is 0 Å². The van der Waals surface area contributed by atoms with E-state index in [0.717, 1.165) is 30.7 Å². The van der Waals surface area contributed by atoms with Crippen LogP contribution in [0.4, 0.5) is 0 Å². The number of rotatable bonds is 8. The van der Waals surface area contributed by atoms with Gasteiger partial charge < -0.3 is 5.32 Å². The zero-order chi connectivity index (χ0) is 14.3. The zero-order valence-electron chi connectivity index (χ0n) is 13.3. The lowest BCUT2D eigenvalue weighted by Crippen LogP contribution is -2.37. The molecule has 1 rings (SSSR count). The fraction of sp³-hybridized carbons (Fsp3) is 0.667. The molecule has 1 atom stereocenters. The van der Waals surface area contributed by atoms with Crippen molar-refractivity contribution in [3.05, 3.63) is 35.9 Å². The van der Waals surface area contributed by atoms with Crippen molar-refractivity contribution in [3.63, 3.8) is 0 Å². The minimum atomic E-state index is 0.599. The average Bonchev–Trinajstić information content (AvgIpc) is 2.38. The van der Waals surface area contributed by atoms with Crippen LogP contribution >= 0.6 is 0 Å². The van der Waals surface area contributed by atoms with Gasteiger partial charge in [0.2, 0.25) is 0 Å². The summed E-state index contributed by atoms with van der Waals surface area (Å²) in [6, 6.07) is 11.4. The fourth-order valence-corrected chi connectivity index (χ4v) is 2.80. The highest BCUT2D eigenvalue weighted by Crippen LogP contribution is 2.20. The van der Waals surface area contributed by atoms with Gasteiger partial charge in [-0.05, 0) is 42.7 Å². The Kier molecular flexibility index (Phi) is 7.15. The Balaban J connectivity index is 2.48. The normalized spacial score (nSPS) is 13.5. The van der Waals surface area contributed by atoms with Gasteiger partial charge in [-0.25, -0.2) is 0 Å². The van der Waals surface area contributed by atoms with Gasteiger partial charge in [0.05, 0.1) is 0 Å². The van der Waals surface area contributed by atoms with Gasteiger partial charge in [-0.3, -0.25) is 0 Å². The molecule has 1 heteroatoms. The lowest BCUT2D eigenvalue weighted by atomic mass is 9.85. The molecule has 0 heterocycles. The fourth-order valence-electron chi connectivity index (χ4n) is 2.80. The maximum atomic E-state index is 3.78. The quantitative estimate of drug-likeness (QED) is 0.725. The lowest BCUT2D eigenvalue weighted by Gasteiger charge is -2.28. The van der Waals surface area contributed by atoms with Crippen LogP contribution in [-0.2, 0) is 6.42 Å². The standard InChI is InChI=1S/C18H31N/c1-6-17(12-16-10-8-7-9-11-16)19-13-18(14(2)3)15(4)5/h7-11,14-15,17-19H,6,12-13H2,1-5H3. The van der Waals surface area contributed by atoms with Crippen LogP contribution in [0.15, 0.2) is 30.3 Å². The molecule has 0 aliphatic heterocycles. The van der Waals surface area contributed by atoms with Crippen molar-refractivity contribution in [2.75, 3.05) is 6.54 Å². The van der Waals surface area contributed by atoms with E-state index in [1.165, 1.54) is 12.0 Å². The second-order valence-electron chi connectivity index (χ2n) is 6.36. The Hall–Kier alpha value is -0.820. The van der Waals surface area contributed by atoms with Crippen LogP contribution in [-0.4, -0.2) is 12.6 Å². The molecule has 0 radical (unpaired) electrons. The van der Waals surface area contributed by atoms with E-state index in [1.807, 2.05) is 0 Å². The Bertz CT molecular complexity index is 321. The monoisotopic (exact) mass is 261 g/mol. The molecule has 108 valence electrons. The van der Waals surface area contributed by atoms with Crippen LogP contribution in [0, 0.1) is 17.8 Å². The van der Waals surface area contributed by atoms with E-state index in [-0.39, 0.29) is 0 Å². The second kappa shape index (κ2) is 8.37. The number of nitrogens with one attached hydrogen (secondary N) is 1. The van der Waals surface area contributed by atoms with Gasteiger partial charge in [-0.15, -0.1) is 0 Å². The first-order valence-electron chi connectivity index (χ1n) is 7.81. The van der Waals surface area contributed by atoms with E-state index >= 15 is 0 Å². The third kappa shape index (κ3) is 5.78. The summed E-state index contributed by atoms with van der Waals surface area (Å²) in [7, 11) is 0. The van der Waals surface area contributed by atoms with E-state index in [4.69, 9.17) is 0 Å². The van der Waals surface area contributed by atoms with Gasteiger partial charge >= 0.3 is 0 Å². The van der Waals surface area contributed by atoms with E-state index in [2.05, 4.69) is 70.3 Å². The van der Waals surface area contributed by atoms with Gasteiger partial charge in [-0.2, -0.15) is 0 Å². The second-order valence-corrected chi connectivity index (χ2v) is 6.36. The molecule has 0 aromatic heterocycles. The summed E-state index contributed by atoms with van der Waals surface area (Å²) in [5.74, 6) is 2.27. The van der Waals surface area contributed by atoms with Gasteiger partial charge in [0.1, 0.15) is 0 Å². The largest absolute Gasteiger partial charge is 0.313 e. The maximum Gasteiger partial charge on any atom is 0.0105 e. The summed E-state index contributed by atoms with van der Waals surface area (Å²) in [4.78, 5) is 0. The van der Waals surface area contributed by atoms with Crippen molar-refractivity contribution < 1.29 is 0 Å². The summed E-state index contributed by atoms with van der Waals surface area (Å²) in [6.45, 7) is 12.8. The average molecular weight is 261 g/mol. The minimum absolute atomic E-state index is 0.599. The lowest BCUT2D eigenvalue weighted by molar-refractivity contribution is 0.263. The molecule has 0 spiro atoms. The first kappa shape index (κ1) is 16.2. The van der Waals surface area contributed by atoms with Crippen LogP contribution in [0.2, 0.25) is 0 Å². The van der Waals surface area contributed by atoms with Crippen molar-refractivity contribution >= 4 is 0 Å². The third-order valence-corrected chi connectivity index (χ3v) is 4.17. The summed E-state index contributed by atoms with van der Waals surface area (Å²) < 4.78 is 0. The summed E-state index contributed by atoms with van der Waals surface area (Å²) >= 11 is 0. The molecule has 0 saturated carbocycles. The Morgan fingerprint density at radius 1 is 0.947 bits per heavy atom. The highest BCUT2D eigenvalue weighted by molar-refractivity contribution is 5.15. The highest BCUT2D eigenvalue weighted by Gasteiger charge is 2.18. The van der Waals surface area contributed by atoms with Gasteiger partial charge in [0, 0.05) is 6.04 Å². The Morgan fingerprint density at radius 3 is 2.00 bits per heavy atom. The molecule has 1 aromatic carbocycles.